The Balaban J connectivity index is 3.00. The number of hydrogen-bond acceptors (Lipinski definition) is 5. The molecule has 18 heavy (non-hydrogen) atoms. The summed E-state index contributed by atoms with van der Waals surface area (Å²) in [7, 11) is -2.05. The van der Waals surface area contributed by atoms with Gasteiger partial charge in [-0.05, 0) is 34.5 Å². The van der Waals surface area contributed by atoms with E-state index in [9.17, 15) is 8.42 Å². The molecule has 0 aliphatic heterocycles. The van der Waals surface area contributed by atoms with Crippen molar-refractivity contribution in [2.75, 3.05) is 33.4 Å². The standard InChI is InChI=1S/C10H16BrNO4S2/c1-8-7-9(17-10(8)11)18(14,15)12(3-5-13)4-6-16-2/h7,13H,3-6H2,1-2H3. The van der Waals surface area contributed by atoms with Crippen LogP contribution in [0.2, 0.25) is 0 Å². The maximum absolute atomic E-state index is 12.3. The average molecular weight is 358 g/mol. The SMILES string of the molecule is COCCN(CCO)S(=O)(=O)c1cc(C)c(Br)s1. The number of ether oxygens (including phenoxy) is 1. The summed E-state index contributed by atoms with van der Waals surface area (Å²) in [6.07, 6.45) is 0. The Kier molecular flexibility index (Phi) is 6.22. The first-order chi connectivity index (χ1) is 8.43. The second-order valence-corrected chi connectivity index (χ2v) is 8.18. The van der Waals surface area contributed by atoms with Gasteiger partial charge in [-0.1, -0.05) is 0 Å². The third-order valence-corrected chi connectivity index (χ3v) is 6.81. The molecule has 1 rings (SSSR count). The van der Waals surface area contributed by atoms with E-state index in [0.717, 1.165) is 9.35 Å². The van der Waals surface area contributed by atoms with Crippen LogP contribution < -0.4 is 0 Å². The van der Waals surface area contributed by atoms with Crippen molar-refractivity contribution in [1.82, 2.24) is 4.31 Å². The van der Waals surface area contributed by atoms with E-state index in [-0.39, 0.29) is 23.9 Å². The van der Waals surface area contributed by atoms with E-state index in [1.54, 1.807) is 6.07 Å². The number of aryl methyl sites for hydroxylation is 1. The van der Waals surface area contributed by atoms with Crippen molar-refractivity contribution in [1.29, 1.82) is 0 Å². The predicted molar refractivity (Wildman–Crippen MR) is 74.5 cm³/mol. The van der Waals surface area contributed by atoms with Crippen LogP contribution in [0.15, 0.2) is 14.1 Å². The minimum Gasteiger partial charge on any atom is -0.395 e. The molecule has 0 atom stereocenters. The number of hydrogen-bond donors (Lipinski definition) is 1. The highest BCUT2D eigenvalue weighted by molar-refractivity contribution is 9.11. The Morgan fingerprint density at radius 3 is 2.61 bits per heavy atom. The van der Waals surface area contributed by atoms with E-state index in [1.807, 2.05) is 6.92 Å². The summed E-state index contributed by atoms with van der Waals surface area (Å²) < 4.78 is 31.9. The summed E-state index contributed by atoms with van der Waals surface area (Å²) in [6, 6.07) is 1.63. The van der Waals surface area contributed by atoms with Gasteiger partial charge in [-0.3, -0.25) is 0 Å². The number of aliphatic hydroxyl groups is 1. The van der Waals surface area contributed by atoms with Crippen molar-refractivity contribution < 1.29 is 18.3 Å². The molecule has 0 bridgehead atoms. The molecule has 0 aromatic carbocycles. The fourth-order valence-corrected chi connectivity index (χ4v) is 5.14. The molecule has 1 N–H and O–H groups in total. The van der Waals surface area contributed by atoms with Gasteiger partial charge in [0.25, 0.3) is 10.0 Å². The summed E-state index contributed by atoms with van der Waals surface area (Å²) in [5.41, 5.74) is 0.884. The Hall–Kier alpha value is 0.01000. The average Bonchev–Trinajstić information content (AvgIpc) is 2.65. The quantitative estimate of drug-likeness (QED) is 0.801. The van der Waals surface area contributed by atoms with Gasteiger partial charge in [0.1, 0.15) is 4.21 Å². The van der Waals surface area contributed by atoms with Gasteiger partial charge in [-0.2, -0.15) is 4.31 Å². The van der Waals surface area contributed by atoms with Gasteiger partial charge in [0.05, 0.1) is 17.0 Å². The first-order valence-corrected chi connectivity index (χ1v) is 8.34. The minimum absolute atomic E-state index is 0.0697. The molecule has 104 valence electrons. The summed E-state index contributed by atoms with van der Waals surface area (Å²) in [5, 5.41) is 8.95. The minimum atomic E-state index is -3.56. The summed E-state index contributed by atoms with van der Waals surface area (Å²) in [4.78, 5) is 0. The van der Waals surface area contributed by atoms with E-state index >= 15 is 0 Å². The molecule has 0 aliphatic carbocycles. The Morgan fingerprint density at radius 1 is 1.50 bits per heavy atom. The van der Waals surface area contributed by atoms with Crippen LogP contribution in [0.4, 0.5) is 0 Å². The largest absolute Gasteiger partial charge is 0.395 e. The molecule has 1 heterocycles. The van der Waals surface area contributed by atoms with Gasteiger partial charge in [0.15, 0.2) is 0 Å². The zero-order valence-corrected chi connectivity index (χ0v) is 13.4. The van der Waals surface area contributed by atoms with Crippen LogP contribution in [0.1, 0.15) is 5.56 Å². The highest BCUT2D eigenvalue weighted by atomic mass is 79.9. The van der Waals surface area contributed by atoms with Gasteiger partial charge in [0, 0.05) is 20.2 Å². The van der Waals surface area contributed by atoms with Gasteiger partial charge in [0.2, 0.25) is 0 Å². The summed E-state index contributed by atoms with van der Waals surface area (Å²) in [6.45, 7) is 2.22. The monoisotopic (exact) mass is 357 g/mol. The Labute approximate surface area is 120 Å². The molecule has 0 saturated heterocycles. The van der Waals surface area contributed by atoms with Crippen molar-refractivity contribution in [3.63, 3.8) is 0 Å². The van der Waals surface area contributed by atoms with Crippen LogP contribution in [0.25, 0.3) is 0 Å². The second-order valence-electron chi connectivity index (χ2n) is 3.64. The van der Waals surface area contributed by atoms with Crippen LogP contribution in [0, 0.1) is 6.92 Å². The first-order valence-electron chi connectivity index (χ1n) is 5.29. The van der Waals surface area contributed by atoms with Crippen molar-refractivity contribution in [2.24, 2.45) is 0 Å². The van der Waals surface area contributed by atoms with Crippen LogP contribution in [-0.2, 0) is 14.8 Å². The third kappa shape index (κ3) is 3.75. The topological polar surface area (TPSA) is 66.8 Å². The lowest BCUT2D eigenvalue weighted by molar-refractivity contribution is 0.169. The van der Waals surface area contributed by atoms with Gasteiger partial charge >= 0.3 is 0 Å². The van der Waals surface area contributed by atoms with Crippen molar-refractivity contribution in [3.05, 3.63) is 15.4 Å². The number of sulfonamides is 1. The van der Waals surface area contributed by atoms with Crippen molar-refractivity contribution >= 4 is 37.3 Å². The molecule has 5 nitrogen and oxygen atoms in total. The number of thiophene rings is 1. The van der Waals surface area contributed by atoms with Crippen molar-refractivity contribution in [2.45, 2.75) is 11.1 Å². The van der Waals surface area contributed by atoms with E-state index in [2.05, 4.69) is 15.9 Å². The highest BCUT2D eigenvalue weighted by Crippen LogP contribution is 2.32. The molecule has 0 amide bonds. The lowest BCUT2D eigenvalue weighted by Gasteiger charge is -2.19. The molecule has 0 radical (unpaired) electrons. The molecular weight excluding hydrogens is 342 g/mol. The lowest BCUT2D eigenvalue weighted by Crippen LogP contribution is -2.35. The maximum Gasteiger partial charge on any atom is 0.252 e. The normalized spacial score (nSPS) is 12.3. The molecule has 0 saturated carbocycles. The van der Waals surface area contributed by atoms with Crippen LogP contribution in [0.5, 0.6) is 0 Å². The second kappa shape index (κ2) is 6.97. The summed E-state index contributed by atoms with van der Waals surface area (Å²) >= 11 is 4.48. The molecular formula is C10H16BrNO4S2. The van der Waals surface area contributed by atoms with Crippen LogP contribution >= 0.6 is 27.3 Å². The van der Waals surface area contributed by atoms with Gasteiger partial charge in [-0.15, -0.1) is 11.3 Å². The predicted octanol–water partition coefficient (Wildman–Crippen LogP) is 1.45. The number of halogens is 1. The zero-order chi connectivity index (χ0) is 13.8. The Morgan fingerprint density at radius 2 is 2.17 bits per heavy atom. The van der Waals surface area contributed by atoms with Gasteiger partial charge < -0.3 is 9.84 Å². The van der Waals surface area contributed by atoms with Crippen LogP contribution in [0.3, 0.4) is 0 Å². The first kappa shape index (κ1) is 16.1. The smallest absolute Gasteiger partial charge is 0.252 e. The molecule has 8 heteroatoms. The molecule has 0 aliphatic rings. The van der Waals surface area contributed by atoms with E-state index in [0.29, 0.717) is 6.61 Å². The lowest BCUT2D eigenvalue weighted by atomic mass is 10.4. The maximum atomic E-state index is 12.3. The van der Waals surface area contributed by atoms with Crippen LogP contribution in [-0.4, -0.2) is 51.2 Å². The van der Waals surface area contributed by atoms with E-state index in [4.69, 9.17) is 9.84 Å². The van der Waals surface area contributed by atoms with Crippen molar-refractivity contribution in [3.8, 4) is 0 Å². The molecule has 0 spiro atoms. The molecule has 1 aromatic heterocycles. The molecule has 0 fully saturated rings. The van der Waals surface area contributed by atoms with E-state index in [1.165, 1.54) is 22.8 Å². The third-order valence-electron chi connectivity index (χ3n) is 2.32. The number of rotatable bonds is 7. The number of methoxy groups -OCH3 is 1. The number of nitrogens with zero attached hydrogens (tertiary/aromatic N) is 1. The van der Waals surface area contributed by atoms with E-state index < -0.39 is 10.0 Å². The fraction of sp³-hybridized carbons (Fsp3) is 0.600. The molecule has 1 aromatic rings. The zero-order valence-electron chi connectivity index (χ0n) is 10.2. The highest BCUT2D eigenvalue weighted by Gasteiger charge is 2.26. The van der Waals surface area contributed by atoms with Gasteiger partial charge in [-0.25, -0.2) is 8.42 Å². The number of aliphatic hydroxyl groups excluding tert-OH is 1. The summed E-state index contributed by atoms with van der Waals surface area (Å²) in [5.74, 6) is 0. The Bertz CT molecular complexity index is 467. The molecule has 0 unspecified atom stereocenters. The fourth-order valence-electron chi connectivity index (χ4n) is 1.34.